The maximum atomic E-state index is 11.2. The van der Waals surface area contributed by atoms with Gasteiger partial charge in [-0.15, -0.1) is 0 Å². The third kappa shape index (κ3) is 1.01. The number of nitrogens with one attached hydrogen (secondary N) is 2. The molecule has 2 aromatic heterocycles. The quantitative estimate of drug-likeness (QED) is 0.596. The summed E-state index contributed by atoms with van der Waals surface area (Å²) in [5.41, 5.74) is 0.133. The van der Waals surface area contributed by atoms with Gasteiger partial charge in [0.05, 0.1) is 16.5 Å². The number of carboxylic acids is 1. The molecule has 0 radical (unpaired) electrons. The van der Waals surface area contributed by atoms with E-state index in [4.69, 9.17) is 5.11 Å². The van der Waals surface area contributed by atoms with E-state index < -0.39 is 11.5 Å². The Labute approximate surface area is 72.0 Å². The molecule has 0 unspecified atom stereocenters. The van der Waals surface area contributed by atoms with Crippen molar-refractivity contribution in [3.05, 3.63) is 34.4 Å². The molecule has 0 saturated carbocycles. The summed E-state index contributed by atoms with van der Waals surface area (Å²) in [6.07, 6.45) is 2.77. The normalized spacial score (nSPS) is 10.5. The highest BCUT2D eigenvalue weighted by atomic mass is 16.4. The van der Waals surface area contributed by atoms with Gasteiger partial charge in [0.2, 0.25) is 0 Å². The molecule has 0 aliphatic heterocycles. The highest BCUT2D eigenvalue weighted by molar-refractivity contribution is 6.02. The average Bonchev–Trinajstić information content (AvgIpc) is 2.49. The molecular formula is C8H6N2O3. The molecule has 0 atom stereocenters. The summed E-state index contributed by atoms with van der Waals surface area (Å²) in [6.45, 7) is 0. The van der Waals surface area contributed by atoms with Crippen molar-refractivity contribution < 1.29 is 9.90 Å². The number of aromatic carboxylic acids is 1. The van der Waals surface area contributed by atoms with Crippen molar-refractivity contribution in [3.8, 4) is 0 Å². The molecule has 0 aliphatic carbocycles. The van der Waals surface area contributed by atoms with Gasteiger partial charge in [0, 0.05) is 12.4 Å². The van der Waals surface area contributed by atoms with Gasteiger partial charge in [0.15, 0.2) is 0 Å². The fourth-order valence-electron chi connectivity index (χ4n) is 1.26. The Hall–Kier alpha value is -2.04. The number of aromatic nitrogens is 2. The lowest BCUT2D eigenvalue weighted by Gasteiger charge is -1.89. The molecule has 13 heavy (non-hydrogen) atoms. The van der Waals surface area contributed by atoms with Gasteiger partial charge in [0.1, 0.15) is 0 Å². The second-order valence-electron chi connectivity index (χ2n) is 2.60. The van der Waals surface area contributed by atoms with Crippen molar-refractivity contribution in [2.45, 2.75) is 0 Å². The van der Waals surface area contributed by atoms with Gasteiger partial charge >= 0.3 is 5.97 Å². The van der Waals surface area contributed by atoms with Crippen LogP contribution in [0.15, 0.2) is 23.3 Å². The highest BCUT2D eigenvalue weighted by Crippen LogP contribution is 2.12. The van der Waals surface area contributed by atoms with Crippen LogP contribution >= 0.6 is 0 Å². The van der Waals surface area contributed by atoms with Crippen LogP contribution in [0.5, 0.6) is 0 Å². The molecule has 66 valence electrons. The summed E-state index contributed by atoms with van der Waals surface area (Å²) >= 11 is 0. The Morgan fingerprint density at radius 2 is 2.15 bits per heavy atom. The Bertz CT molecular complexity index is 523. The van der Waals surface area contributed by atoms with Crippen molar-refractivity contribution in [2.75, 3.05) is 0 Å². The summed E-state index contributed by atoms with van der Waals surface area (Å²) in [5.74, 6) is -1.11. The molecule has 2 aromatic rings. The van der Waals surface area contributed by atoms with E-state index in [0.29, 0.717) is 5.52 Å². The summed E-state index contributed by atoms with van der Waals surface area (Å²) in [4.78, 5) is 27.0. The van der Waals surface area contributed by atoms with Crippen LogP contribution in [-0.2, 0) is 0 Å². The molecule has 0 spiro atoms. The van der Waals surface area contributed by atoms with Gasteiger partial charge in [-0.2, -0.15) is 0 Å². The lowest BCUT2D eigenvalue weighted by atomic mass is 10.2. The molecule has 5 heteroatoms. The Kier molecular flexibility index (Phi) is 1.45. The van der Waals surface area contributed by atoms with E-state index in [1.54, 1.807) is 6.07 Å². The zero-order valence-electron chi connectivity index (χ0n) is 6.50. The van der Waals surface area contributed by atoms with Crippen molar-refractivity contribution >= 4 is 16.9 Å². The van der Waals surface area contributed by atoms with Crippen LogP contribution in [0, 0.1) is 0 Å². The monoisotopic (exact) mass is 178 g/mol. The van der Waals surface area contributed by atoms with Crippen LogP contribution in [0.2, 0.25) is 0 Å². The molecule has 2 heterocycles. The highest BCUT2D eigenvalue weighted by Gasteiger charge is 2.12. The number of rotatable bonds is 1. The van der Waals surface area contributed by atoms with Crippen molar-refractivity contribution in [3.63, 3.8) is 0 Å². The molecule has 0 fully saturated rings. The van der Waals surface area contributed by atoms with Crippen LogP contribution in [0.4, 0.5) is 0 Å². The Morgan fingerprint density at radius 1 is 1.38 bits per heavy atom. The third-order valence-corrected chi connectivity index (χ3v) is 1.83. The number of fused-ring (bicyclic) bond motifs is 1. The SMILES string of the molecule is O=C(O)c1c[nH]c2cc[nH]c(=O)c12. The number of carbonyl (C=O) groups is 1. The maximum absolute atomic E-state index is 11.2. The molecular weight excluding hydrogens is 172 g/mol. The third-order valence-electron chi connectivity index (χ3n) is 1.83. The maximum Gasteiger partial charge on any atom is 0.338 e. The molecule has 5 nitrogen and oxygen atoms in total. The fraction of sp³-hybridized carbons (Fsp3) is 0. The van der Waals surface area contributed by atoms with Crippen LogP contribution in [0.1, 0.15) is 10.4 Å². The van der Waals surface area contributed by atoms with Gasteiger partial charge in [-0.25, -0.2) is 4.79 Å². The standard InChI is InChI=1S/C8H6N2O3/c11-7-6-4(8(12)13)3-10-5(6)1-2-9-7/h1-3,10H,(H,9,11)(H,12,13). The van der Waals surface area contributed by atoms with Gasteiger partial charge in [-0.3, -0.25) is 4.79 Å². The minimum atomic E-state index is -1.11. The molecule has 0 aliphatic rings. The Balaban J connectivity index is 2.95. The van der Waals surface area contributed by atoms with Crippen LogP contribution in [0.25, 0.3) is 10.9 Å². The van der Waals surface area contributed by atoms with E-state index >= 15 is 0 Å². The molecule has 2 rings (SSSR count). The van der Waals surface area contributed by atoms with E-state index in [9.17, 15) is 9.59 Å². The smallest absolute Gasteiger partial charge is 0.338 e. The largest absolute Gasteiger partial charge is 0.478 e. The van der Waals surface area contributed by atoms with Gasteiger partial charge in [-0.05, 0) is 6.07 Å². The zero-order valence-corrected chi connectivity index (χ0v) is 6.50. The lowest BCUT2D eigenvalue weighted by molar-refractivity contribution is 0.0699. The van der Waals surface area contributed by atoms with E-state index in [1.807, 2.05) is 0 Å². The minimum Gasteiger partial charge on any atom is -0.478 e. The van der Waals surface area contributed by atoms with E-state index in [1.165, 1.54) is 12.4 Å². The van der Waals surface area contributed by atoms with E-state index in [2.05, 4.69) is 9.97 Å². The number of hydrogen-bond acceptors (Lipinski definition) is 2. The molecule has 0 saturated heterocycles. The van der Waals surface area contributed by atoms with Crippen LogP contribution in [0.3, 0.4) is 0 Å². The summed E-state index contributed by atoms with van der Waals surface area (Å²) in [6, 6.07) is 1.61. The van der Waals surface area contributed by atoms with E-state index in [0.717, 1.165) is 0 Å². The summed E-state index contributed by atoms with van der Waals surface area (Å²) in [7, 11) is 0. The first kappa shape index (κ1) is 7.60. The molecule has 0 aromatic carbocycles. The van der Waals surface area contributed by atoms with Crippen molar-refractivity contribution in [2.24, 2.45) is 0 Å². The number of H-pyrrole nitrogens is 2. The van der Waals surface area contributed by atoms with Crippen molar-refractivity contribution in [1.29, 1.82) is 0 Å². The predicted molar refractivity (Wildman–Crippen MR) is 45.9 cm³/mol. The second-order valence-corrected chi connectivity index (χ2v) is 2.60. The van der Waals surface area contributed by atoms with Crippen LogP contribution < -0.4 is 5.56 Å². The minimum absolute atomic E-state index is 0.00292. The van der Waals surface area contributed by atoms with Crippen molar-refractivity contribution in [1.82, 2.24) is 9.97 Å². The predicted octanol–water partition coefficient (Wildman–Crippen LogP) is 0.554. The summed E-state index contributed by atoms with van der Waals surface area (Å²) in [5, 5.41) is 8.91. The van der Waals surface area contributed by atoms with E-state index in [-0.39, 0.29) is 10.9 Å². The Morgan fingerprint density at radius 3 is 2.85 bits per heavy atom. The lowest BCUT2D eigenvalue weighted by Crippen LogP contribution is -2.07. The number of carboxylic acid groups (broad SMARTS) is 1. The number of aromatic amines is 2. The van der Waals surface area contributed by atoms with Gasteiger partial charge in [0.25, 0.3) is 5.56 Å². The first-order valence-electron chi connectivity index (χ1n) is 3.62. The zero-order chi connectivity index (χ0) is 9.42. The first-order chi connectivity index (χ1) is 6.20. The molecule has 0 bridgehead atoms. The molecule has 0 amide bonds. The second kappa shape index (κ2) is 2.48. The first-order valence-corrected chi connectivity index (χ1v) is 3.62. The van der Waals surface area contributed by atoms with Gasteiger partial charge < -0.3 is 15.1 Å². The average molecular weight is 178 g/mol. The fourth-order valence-corrected chi connectivity index (χ4v) is 1.26. The van der Waals surface area contributed by atoms with Crippen LogP contribution in [-0.4, -0.2) is 21.0 Å². The summed E-state index contributed by atoms with van der Waals surface area (Å²) < 4.78 is 0. The number of hydrogen-bond donors (Lipinski definition) is 3. The van der Waals surface area contributed by atoms with Gasteiger partial charge in [-0.1, -0.05) is 0 Å². The number of pyridine rings is 1. The topological polar surface area (TPSA) is 85.9 Å². The molecule has 3 N–H and O–H groups in total.